The molecular formula is C14H9BrFNO3. The number of carbonyl (C=O) groups is 2. The van der Waals surface area contributed by atoms with Crippen molar-refractivity contribution in [1.82, 2.24) is 0 Å². The third kappa shape index (κ3) is 3.03. The minimum Gasteiger partial charge on any atom is -0.478 e. The monoisotopic (exact) mass is 337 g/mol. The number of rotatable bonds is 3. The van der Waals surface area contributed by atoms with E-state index in [9.17, 15) is 14.0 Å². The number of anilines is 1. The zero-order valence-corrected chi connectivity index (χ0v) is 11.6. The largest absolute Gasteiger partial charge is 0.478 e. The number of halogens is 2. The second-order valence-electron chi connectivity index (χ2n) is 3.94. The first-order valence-corrected chi connectivity index (χ1v) is 6.37. The SMILES string of the molecule is O=C(O)c1ccc(NC(=O)c2cccc(F)c2Br)cc1. The molecule has 1 amide bonds. The van der Waals surface area contributed by atoms with E-state index in [1.165, 1.54) is 42.5 Å². The van der Waals surface area contributed by atoms with Crippen LogP contribution in [-0.2, 0) is 0 Å². The maximum absolute atomic E-state index is 13.3. The average molecular weight is 338 g/mol. The molecule has 2 aromatic carbocycles. The smallest absolute Gasteiger partial charge is 0.335 e. The van der Waals surface area contributed by atoms with Crippen molar-refractivity contribution in [2.45, 2.75) is 0 Å². The number of aromatic carboxylic acids is 1. The van der Waals surface area contributed by atoms with Crippen LogP contribution in [-0.4, -0.2) is 17.0 Å². The molecule has 0 saturated carbocycles. The van der Waals surface area contributed by atoms with E-state index in [0.29, 0.717) is 5.69 Å². The van der Waals surface area contributed by atoms with E-state index in [2.05, 4.69) is 21.2 Å². The Bertz CT molecular complexity index is 671. The van der Waals surface area contributed by atoms with Crippen LogP contribution in [0.4, 0.5) is 10.1 Å². The van der Waals surface area contributed by atoms with Gasteiger partial charge < -0.3 is 10.4 Å². The topological polar surface area (TPSA) is 66.4 Å². The van der Waals surface area contributed by atoms with Crippen molar-refractivity contribution < 1.29 is 19.1 Å². The van der Waals surface area contributed by atoms with Gasteiger partial charge in [-0.3, -0.25) is 4.79 Å². The maximum atomic E-state index is 13.3. The van der Waals surface area contributed by atoms with Gasteiger partial charge in [-0.1, -0.05) is 6.07 Å². The fourth-order valence-corrected chi connectivity index (χ4v) is 2.02. The molecular weight excluding hydrogens is 329 g/mol. The van der Waals surface area contributed by atoms with Crippen LogP contribution < -0.4 is 5.32 Å². The normalized spacial score (nSPS) is 10.1. The van der Waals surface area contributed by atoms with Crippen LogP contribution in [0.25, 0.3) is 0 Å². The molecule has 0 bridgehead atoms. The Labute approximate surface area is 122 Å². The average Bonchev–Trinajstić information content (AvgIpc) is 2.42. The molecule has 0 aromatic heterocycles. The molecule has 2 N–H and O–H groups in total. The maximum Gasteiger partial charge on any atom is 0.335 e. The van der Waals surface area contributed by atoms with Crippen molar-refractivity contribution in [2.24, 2.45) is 0 Å². The molecule has 0 atom stereocenters. The molecule has 0 aliphatic carbocycles. The second kappa shape index (κ2) is 5.83. The highest BCUT2D eigenvalue weighted by molar-refractivity contribution is 9.10. The van der Waals surface area contributed by atoms with Crippen molar-refractivity contribution >= 4 is 33.5 Å². The number of carbonyl (C=O) groups excluding carboxylic acids is 1. The molecule has 0 radical (unpaired) electrons. The Morgan fingerprint density at radius 1 is 1.10 bits per heavy atom. The summed E-state index contributed by atoms with van der Waals surface area (Å²) < 4.78 is 13.4. The number of hydrogen-bond acceptors (Lipinski definition) is 2. The van der Waals surface area contributed by atoms with Crippen molar-refractivity contribution in [2.75, 3.05) is 5.32 Å². The molecule has 102 valence electrons. The molecule has 2 rings (SSSR count). The van der Waals surface area contributed by atoms with E-state index in [0.717, 1.165) is 0 Å². The Morgan fingerprint density at radius 2 is 1.75 bits per heavy atom. The van der Waals surface area contributed by atoms with E-state index in [1.807, 2.05) is 0 Å². The fourth-order valence-electron chi connectivity index (χ4n) is 1.57. The summed E-state index contributed by atoms with van der Waals surface area (Å²) in [5.41, 5.74) is 0.707. The lowest BCUT2D eigenvalue weighted by molar-refractivity contribution is 0.0696. The van der Waals surface area contributed by atoms with Crippen molar-refractivity contribution in [3.63, 3.8) is 0 Å². The van der Waals surface area contributed by atoms with Crippen molar-refractivity contribution in [1.29, 1.82) is 0 Å². The standard InChI is InChI=1S/C14H9BrFNO3/c15-12-10(2-1-3-11(12)16)13(18)17-9-6-4-8(5-7-9)14(19)20/h1-7H,(H,17,18)(H,19,20). The number of carboxylic acid groups (broad SMARTS) is 1. The predicted octanol–water partition coefficient (Wildman–Crippen LogP) is 3.54. The van der Waals surface area contributed by atoms with Gasteiger partial charge in [0.25, 0.3) is 5.91 Å². The van der Waals surface area contributed by atoms with Crippen LogP contribution in [0.2, 0.25) is 0 Å². The van der Waals surface area contributed by atoms with Gasteiger partial charge in [0.05, 0.1) is 15.6 Å². The summed E-state index contributed by atoms with van der Waals surface area (Å²) in [6.45, 7) is 0. The van der Waals surface area contributed by atoms with Gasteiger partial charge >= 0.3 is 5.97 Å². The lowest BCUT2D eigenvalue weighted by Gasteiger charge is -2.07. The fraction of sp³-hybridized carbons (Fsp3) is 0. The third-order valence-corrected chi connectivity index (χ3v) is 3.39. The highest BCUT2D eigenvalue weighted by Crippen LogP contribution is 2.21. The van der Waals surface area contributed by atoms with Gasteiger partial charge in [-0.25, -0.2) is 9.18 Å². The zero-order chi connectivity index (χ0) is 14.7. The summed E-state index contributed by atoms with van der Waals surface area (Å²) in [6.07, 6.45) is 0. The van der Waals surface area contributed by atoms with Crippen LogP contribution in [0, 0.1) is 5.82 Å². The van der Waals surface area contributed by atoms with Gasteiger partial charge in [-0.15, -0.1) is 0 Å². The van der Waals surface area contributed by atoms with Crippen LogP contribution in [0.5, 0.6) is 0 Å². The summed E-state index contributed by atoms with van der Waals surface area (Å²) >= 11 is 3.01. The quantitative estimate of drug-likeness (QED) is 0.900. The summed E-state index contributed by atoms with van der Waals surface area (Å²) in [7, 11) is 0. The second-order valence-corrected chi connectivity index (χ2v) is 4.73. The summed E-state index contributed by atoms with van der Waals surface area (Å²) in [4.78, 5) is 22.7. The van der Waals surface area contributed by atoms with Crippen molar-refractivity contribution in [3.05, 3.63) is 63.9 Å². The van der Waals surface area contributed by atoms with Crippen molar-refractivity contribution in [3.8, 4) is 0 Å². The number of amides is 1. The first-order chi connectivity index (χ1) is 9.49. The molecule has 0 unspecified atom stereocenters. The van der Waals surface area contributed by atoms with Gasteiger partial charge in [-0.2, -0.15) is 0 Å². The Balaban J connectivity index is 2.19. The van der Waals surface area contributed by atoms with Gasteiger partial charge in [0, 0.05) is 5.69 Å². The zero-order valence-electron chi connectivity index (χ0n) is 10.1. The van der Waals surface area contributed by atoms with E-state index in [4.69, 9.17) is 5.11 Å². The predicted molar refractivity (Wildman–Crippen MR) is 75.5 cm³/mol. The van der Waals surface area contributed by atoms with E-state index < -0.39 is 17.7 Å². The molecule has 4 nitrogen and oxygen atoms in total. The van der Waals surface area contributed by atoms with Crippen LogP contribution in [0.1, 0.15) is 20.7 Å². The first kappa shape index (κ1) is 14.2. The minimum atomic E-state index is -1.05. The molecule has 0 heterocycles. The Hall–Kier alpha value is -2.21. The van der Waals surface area contributed by atoms with Gasteiger partial charge in [-0.05, 0) is 52.3 Å². The first-order valence-electron chi connectivity index (χ1n) is 5.58. The van der Waals surface area contributed by atoms with E-state index >= 15 is 0 Å². The molecule has 6 heteroatoms. The van der Waals surface area contributed by atoms with E-state index in [-0.39, 0.29) is 15.6 Å². The summed E-state index contributed by atoms with van der Waals surface area (Å²) in [5.74, 6) is -2.06. The van der Waals surface area contributed by atoms with Gasteiger partial charge in [0.2, 0.25) is 0 Å². The molecule has 20 heavy (non-hydrogen) atoms. The van der Waals surface area contributed by atoms with Crippen LogP contribution in [0.15, 0.2) is 46.9 Å². The van der Waals surface area contributed by atoms with Gasteiger partial charge in [0.15, 0.2) is 0 Å². The highest BCUT2D eigenvalue weighted by atomic mass is 79.9. The lowest BCUT2D eigenvalue weighted by Crippen LogP contribution is -2.13. The molecule has 0 aliphatic heterocycles. The van der Waals surface area contributed by atoms with Gasteiger partial charge in [0.1, 0.15) is 5.82 Å². The van der Waals surface area contributed by atoms with Crippen LogP contribution >= 0.6 is 15.9 Å². The lowest BCUT2D eigenvalue weighted by atomic mass is 10.2. The number of carboxylic acids is 1. The minimum absolute atomic E-state index is 0.0830. The molecule has 0 aliphatic rings. The molecule has 0 spiro atoms. The van der Waals surface area contributed by atoms with Crippen LogP contribution in [0.3, 0.4) is 0 Å². The molecule has 0 fully saturated rings. The van der Waals surface area contributed by atoms with E-state index in [1.54, 1.807) is 0 Å². The Kier molecular flexibility index (Phi) is 4.14. The summed E-state index contributed by atoms with van der Waals surface area (Å²) in [5, 5.41) is 11.3. The number of nitrogens with one attached hydrogen (secondary N) is 1. The Morgan fingerprint density at radius 3 is 2.35 bits per heavy atom. The highest BCUT2D eigenvalue weighted by Gasteiger charge is 2.13. The molecule has 0 saturated heterocycles. The number of hydrogen-bond donors (Lipinski definition) is 2. The third-order valence-electron chi connectivity index (χ3n) is 2.59. The molecule has 2 aromatic rings. The number of benzene rings is 2. The summed E-state index contributed by atoms with van der Waals surface area (Å²) in [6, 6.07) is 9.83.